The number of anilines is 3. The average molecular weight is 590 g/mol. The molecule has 8 rings (SSSR count). The lowest BCUT2D eigenvalue weighted by Crippen LogP contribution is -2.39. The van der Waals surface area contributed by atoms with E-state index in [1.807, 2.05) is 23.1 Å². The molecule has 0 unspecified atom stereocenters. The fraction of sp³-hybridized carbons (Fsp3) is 0.100. The summed E-state index contributed by atoms with van der Waals surface area (Å²) in [5, 5.41) is 2.68. The van der Waals surface area contributed by atoms with Crippen LogP contribution in [0.5, 0.6) is 0 Å². The molecule has 43 heavy (non-hydrogen) atoms. The van der Waals surface area contributed by atoms with Crippen molar-refractivity contribution in [3.05, 3.63) is 167 Å². The summed E-state index contributed by atoms with van der Waals surface area (Å²) >= 11 is 3.74. The molecule has 0 spiro atoms. The second-order valence-electron chi connectivity index (χ2n) is 11.1. The van der Waals surface area contributed by atoms with Crippen molar-refractivity contribution >= 4 is 60.3 Å². The van der Waals surface area contributed by atoms with Crippen LogP contribution in [0, 0.1) is 0 Å². The molecular weight excluding hydrogens is 559 g/mol. The van der Waals surface area contributed by atoms with Crippen LogP contribution < -0.4 is 4.90 Å². The van der Waals surface area contributed by atoms with Gasteiger partial charge in [-0.1, -0.05) is 97.9 Å². The SMILES string of the molecule is CCc1cc2sc3ccccc3c2cc1C1(c2ccccc2SC)c2ccccc2N(c2ccccc2)c2ccccc21. The molecule has 1 nitrogen and oxygen atoms in total. The number of nitrogens with zero attached hydrogens (tertiary/aromatic N) is 1. The zero-order valence-corrected chi connectivity index (χ0v) is 25.9. The third-order valence-corrected chi connectivity index (χ3v) is 10.9. The van der Waals surface area contributed by atoms with Gasteiger partial charge in [-0.05, 0) is 89.0 Å². The monoisotopic (exact) mass is 589 g/mol. The molecule has 1 aliphatic rings. The molecule has 3 heteroatoms. The highest BCUT2D eigenvalue weighted by Gasteiger charge is 2.48. The van der Waals surface area contributed by atoms with Gasteiger partial charge < -0.3 is 4.90 Å². The maximum absolute atomic E-state index is 2.54. The van der Waals surface area contributed by atoms with Gasteiger partial charge >= 0.3 is 0 Å². The maximum atomic E-state index is 2.54. The normalized spacial score (nSPS) is 13.7. The third kappa shape index (κ3) is 3.85. The number of aryl methyl sites for hydroxylation is 1. The molecule has 0 amide bonds. The van der Waals surface area contributed by atoms with E-state index in [1.54, 1.807) is 0 Å². The van der Waals surface area contributed by atoms with Crippen LogP contribution >= 0.6 is 23.1 Å². The second-order valence-corrected chi connectivity index (χ2v) is 13.0. The first kappa shape index (κ1) is 26.3. The van der Waals surface area contributed by atoms with Crippen molar-refractivity contribution < 1.29 is 0 Å². The number of hydrogen-bond acceptors (Lipinski definition) is 3. The number of rotatable bonds is 5. The van der Waals surface area contributed by atoms with Crippen molar-refractivity contribution in [2.75, 3.05) is 11.2 Å². The molecule has 0 saturated heterocycles. The van der Waals surface area contributed by atoms with Gasteiger partial charge in [-0.3, -0.25) is 0 Å². The van der Waals surface area contributed by atoms with E-state index in [0.29, 0.717) is 0 Å². The van der Waals surface area contributed by atoms with Crippen LogP contribution in [0.1, 0.15) is 34.7 Å². The number of hydrogen-bond donors (Lipinski definition) is 0. The molecule has 7 aromatic rings. The summed E-state index contributed by atoms with van der Waals surface area (Å²) in [7, 11) is 0. The molecule has 0 bridgehead atoms. The lowest BCUT2D eigenvalue weighted by molar-refractivity contribution is 0.706. The molecular formula is C40H31NS2. The van der Waals surface area contributed by atoms with E-state index in [1.165, 1.54) is 69.9 Å². The van der Waals surface area contributed by atoms with E-state index in [0.717, 1.165) is 6.42 Å². The summed E-state index contributed by atoms with van der Waals surface area (Å²) in [6.07, 6.45) is 3.16. The minimum atomic E-state index is -0.513. The summed E-state index contributed by atoms with van der Waals surface area (Å²) in [6.45, 7) is 2.31. The first-order valence-corrected chi connectivity index (χ1v) is 16.9. The summed E-state index contributed by atoms with van der Waals surface area (Å²) in [5.74, 6) is 0. The molecule has 0 N–H and O–H groups in total. The standard InChI is InChI=1S/C40H31NS2/c1-3-27-25-39-30(29-17-7-13-23-37(29)43-39)26-34(27)40(33-20-10-14-24-38(33)42-2)31-18-8-11-21-35(31)41(28-15-5-4-6-16-28)36-22-12-9-19-32(36)40/h4-26H,3H2,1-2H3. The smallest absolute Gasteiger partial charge is 0.0755 e. The van der Waals surface area contributed by atoms with E-state index in [9.17, 15) is 0 Å². The summed E-state index contributed by atoms with van der Waals surface area (Å²) < 4.78 is 2.70. The van der Waals surface area contributed by atoms with Crippen LogP contribution in [0.2, 0.25) is 0 Å². The van der Waals surface area contributed by atoms with E-state index < -0.39 is 5.41 Å². The molecule has 1 aliphatic heterocycles. The Morgan fingerprint density at radius 1 is 0.581 bits per heavy atom. The molecule has 6 aromatic carbocycles. The van der Waals surface area contributed by atoms with E-state index in [4.69, 9.17) is 0 Å². The minimum Gasteiger partial charge on any atom is -0.310 e. The van der Waals surface area contributed by atoms with Crippen LogP contribution in [0.15, 0.2) is 144 Å². The number of thiophene rings is 1. The quantitative estimate of drug-likeness (QED) is 0.184. The molecule has 0 fully saturated rings. The van der Waals surface area contributed by atoms with Crippen LogP contribution in [-0.2, 0) is 11.8 Å². The summed E-state index contributed by atoms with van der Waals surface area (Å²) in [5.41, 5.74) is 9.84. The van der Waals surface area contributed by atoms with Crippen LogP contribution in [0.4, 0.5) is 17.1 Å². The van der Waals surface area contributed by atoms with Gasteiger partial charge in [0.05, 0.1) is 16.8 Å². The Morgan fingerprint density at radius 3 is 1.88 bits per heavy atom. The Labute approximate surface area is 261 Å². The Balaban J connectivity index is 1.59. The molecule has 0 radical (unpaired) electrons. The average Bonchev–Trinajstić information content (AvgIpc) is 3.44. The van der Waals surface area contributed by atoms with E-state index >= 15 is 0 Å². The molecule has 0 saturated carbocycles. The number of thioether (sulfide) groups is 1. The highest BCUT2D eigenvalue weighted by molar-refractivity contribution is 7.98. The topological polar surface area (TPSA) is 3.24 Å². The molecule has 0 atom stereocenters. The van der Waals surface area contributed by atoms with Crippen molar-refractivity contribution in [1.82, 2.24) is 0 Å². The highest BCUT2D eigenvalue weighted by Crippen LogP contribution is 2.59. The first-order valence-electron chi connectivity index (χ1n) is 14.9. The minimum absolute atomic E-state index is 0.513. The fourth-order valence-electron chi connectivity index (χ4n) is 7.24. The predicted octanol–water partition coefficient (Wildman–Crippen LogP) is 11.5. The zero-order chi connectivity index (χ0) is 29.0. The number of para-hydroxylation sites is 3. The van der Waals surface area contributed by atoms with Gasteiger partial charge in [0.25, 0.3) is 0 Å². The van der Waals surface area contributed by atoms with Crippen molar-refractivity contribution in [3.8, 4) is 0 Å². The lowest BCUT2D eigenvalue weighted by Gasteiger charge is -2.47. The Hall–Kier alpha value is -4.31. The Kier molecular flexibility index (Phi) is 6.40. The third-order valence-electron chi connectivity index (χ3n) is 9.01. The van der Waals surface area contributed by atoms with Crippen LogP contribution in [0.25, 0.3) is 20.2 Å². The summed E-state index contributed by atoms with van der Waals surface area (Å²) in [4.78, 5) is 3.76. The number of fused-ring (bicyclic) bond motifs is 5. The van der Waals surface area contributed by atoms with Crippen molar-refractivity contribution in [2.45, 2.75) is 23.7 Å². The van der Waals surface area contributed by atoms with Crippen molar-refractivity contribution in [3.63, 3.8) is 0 Å². The summed E-state index contributed by atoms with van der Waals surface area (Å²) in [6, 6.07) is 51.9. The van der Waals surface area contributed by atoms with Gasteiger partial charge in [-0.2, -0.15) is 0 Å². The van der Waals surface area contributed by atoms with Gasteiger partial charge in [0.2, 0.25) is 0 Å². The highest BCUT2D eigenvalue weighted by atomic mass is 32.2. The van der Waals surface area contributed by atoms with E-state index in [-0.39, 0.29) is 0 Å². The van der Waals surface area contributed by atoms with Gasteiger partial charge in [0, 0.05) is 30.8 Å². The Morgan fingerprint density at radius 2 is 1.19 bits per heavy atom. The fourth-order valence-corrected chi connectivity index (χ4v) is 9.04. The van der Waals surface area contributed by atoms with Gasteiger partial charge in [-0.25, -0.2) is 0 Å². The van der Waals surface area contributed by atoms with Crippen molar-refractivity contribution in [2.24, 2.45) is 0 Å². The lowest BCUT2D eigenvalue weighted by atomic mass is 9.61. The van der Waals surface area contributed by atoms with Gasteiger partial charge in [0.15, 0.2) is 0 Å². The molecule has 1 aromatic heterocycles. The van der Waals surface area contributed by atoms with Crippen LogP contribution in [-0.4, -0.2) is 6.26 Å². The maximum Gasteiger partial charge on any atom is 0.0755 e. The molecule has 0 aliphatic carbocycles. The van der Waals surface area contributed by atoms with Crippen LogP contribution in [0.3, 0.4) is 0 Å². The molecule has 2 heterocycles. The van der Waals surface area contributed by atoms with Gasteiger partial charge in [-0.15, -0.1) is 23.1 Å². The number of benzene rings is 6. The zero-order valence-electron chi connectivity index (χ0n) is 24.2. The predicted molar refractivity (Wildman–Crippen MR) is 187 cm³/mol. The second kappa shape index (κ2) is 10.4. The molecule has 208 valence electrons. The first-order chi connectivity index (χ1) is 21.3. The largest absolute Gasteiger partial charge is 0.310 e. The van der Waals surface area contributed by atoms with Gasteiger partial charge in [0.1, 0.15) is 0 Å². The van der Waals surface area contributed by atoms with E-state index in [2.05, 4.69) is 158 Å². The Bertz CT molecular complexity index is 2080. The van der Waals surface area contributed by atoms with Crippen molar-refractivity contribution in [1.29, 1.82) is 0 Å².